The van der Waals surface area contributed by atoms with Crippen LogP contribution in [0.1, 0.15) is 19.8 Å². The normalized spacial score (nSPS) is 16.9. The van der Waals surface area contributed by atoms with Crippen molar-refractivity contribution < 1.29 is 4.74 Å². The van der Waals surface area contributed by atoms with Gasteiger partial charge in [0.2, 0.25) is 0 Å². The van der Waals surface area contributed by atoms with Crippen LogP contribution < -0.4 is 15.8 Å². The van der Waals surface area contributed by atoms with Crippen molar-refractivity contribution in [2.24, 2.45) is 11.8 Å². The Morgan fingerprint density at radius 1 is 1.44 bits per heavy atom. The molecule has 0 bridgehead atoms. The van der Waals surface area contributed by atoms with Crippen molar-refractivity contribution in [2.75, 3.05) is 24.7 Å². The summed E-state index contributed by atoms with van der Waals surface area (Å²) in [6, 6.07) is 5.76. The maximum absolute atomic E-state index is 5.79. The number of anilines is 2. The van der Waals surface area contributed by atoms with E-state index in [1.165, 1.54) is 12.8 Å². The first-order chi connectivity index (χ1) is 7.69. The Morgan fingerprint density at radius 3 is 2.81 bits per heavy atom. The molecule has 1 aliphatic rings. The van der Waals surface area contributed by atoms with Crippen LogP contribution in [0, 0.1) is 11.8 Å². The van der Waals surface area contributed by atoms with Gasteiger partial charge in [0, 0.05) is 30.1 Å². The molecule has 1 aromatic carbocycles. The van der Waals surface area contributed by atoms with Crippen LogP contribution in [-0.4, -0.2) is 13.7 Å². The molecule has 1 saturated carbocycles. The molecule has 0 radical (unpaired) electrons. The average Bonchev–Trinajstić information content (AvgIpc) is 3.08. The van der Waals surface area contributed by atoms with Gasteiger partial charge in [-0.2, -0.15) is 0 Å². The van der Waals surface area contributed by atoms with Gasteiger partial charge in [0.25, 0.3) is 0 Å². The maximum atomic E-state index is 5.79. The van der Waals surface area contributed by atoms with E-state index in [1.54, 1.807) is 7.11 Å². The monoisotopic (exact) mass is 220 g/mol. The topological polar surface area (TPSA) is 47.3 Å². The van der Waals surface area contributed by atoms with E-state index in [-0.39, 0.29) is 0 Å². The summed E-state index contributed by atoms with van der Waals surface area (Å²) in [4.78, 5) is 0. The molecule has 0 spiro atoms. The summed E-state index contributed by atoms with van der Waals surface area (Å²) in [7, 11) is 1.66. The van der Waals surface area contributed by atoms with Crippen LogP contribution in [0.3, 0.4) is 0 Å². The van der Waals surface area contributed by atoms with Crippen molar-refractivity contribution in [2.45, 2.75) is 19.8 Å². The Balaban J connectivity index is 1.94. The highest BCUT2D eigenvalue weighted by Gasteiger charge is 2.27. The van der Waals surface area contributed by atoms with Gasteiger partial charge in [-0.05, 0) is 30.7 Å². The third kappa shape index (κ3) is 2.81. The van der Waals surface area contributed by atoms with Crippen LogP contribution in [0.2, 0.25) is 0 Å². The van der Waals surface area contributed by atoms with Gasteiger partial charge < -0.3 is 15.8 Å². The van der Waals surface area contributed by atoms with E-state index < -0.39 is 0 Å². The molecule has 2 rings (SSSR count). The van der Waals surface area contributed by atoms with Crippen LogP contribution in [0.4, 0.5) is 11.4 Å². The zero-order valence-electron chi connectivity index (χ0n) is 9.99. The van der Waals surface area contributed by atoms with Gasteiger partial charge in [0.05, 0.1) is 7.11 Å². The first kappa shape index (κ1) is 11.1. The minimum absolute atomic E-state index is 0.737. The third-order valence-electron chi connectivity index (χ3n) is 3.22. The molecule has 3 heteroatoms. The number of nitrogen functional groups attached to an aromatic ring is 1. The number of hydrogen-bond acceptors (Lipinski definition) is 3. The summed E-state index contributed by atoms with van der Waals surface area (Å²) < 4.78 is 5.18. The van der Waals surface area contributed by atoms with E-state index in [2.05, 4.69) is 12.2 Å². The van der Waals surface area contributed by atoms with Gasteiger partial charge in [-0.1, -0.05) is 6.92 Å². The lowest BCUT2D eigenvalue weighted by molar-refractivity contribution is 0.415. The van der Waals surface area contributed by atoms with Crippen molar-refractivity contribution in [3.8, 4) is 5.75 Å². The fraction of sp³-hybridized carbons (Fsp3) is 0.538. The number of methoxy groups -OCH3 is 1. The number of nitrogens with one attached hydrogen (secondary N) is 1. The van der Waals surface area contributed by atoms with Crippen molar-refractivity contribution >= 4 is 11.4 Å². The molecule has 0 heterocycles. The second kappa shape index (κ2) is 4.64. The summed E-state index contributed by atoms with van der Waals surface area (Å²) in [5.74, 6) is 2.48. The van der Waals surface area contributed by atoms with Gasteiger partial charge in [-0.25, -0.2) is 0 Å². The molecule has 16 heavy (non-hydrogen) atoms. The lowest BCUT2D eigenvalue weighted by Crippen LogP contribution is -2.13. The summed E-state index contributed by atoms with van der Waals surface area (Å²) in [6.45, 7) is 3.31. The Hall–Kier alpha value is -1.38. The Kier molecular flexibility index (Phi) is 3.22. The van der Waals surface area contributed by atoms with Crippen molar-refractivity contribution in [3.05, 3.63) is 18.2 Å². The van der Waals surface area contributed by atoms with Gasteiger partial charge in [-0.15, -0.1) is 0 Å². The molecule has 1 aromatic rings. The van der Waals surface area contributed by atoms with Crippen LogP contribution in [-0.2, 0) is 0 Å². The molecule has 1 atom stereocenters. The second-order valence-electron chi connectivity index (χ2n) is 4.69. The van der Waals surface area contributed by atoms with E-state index in [1.807, 2.05) is 18.2 Å². The van der Waals surface area contributed by atoms with Crippen LogP contribution in [0.15, 0.2) is 18.2 Å². The summed E-state index contributed by atoms with van der Waals surface area (Å²) in [5.41, 5.74) is 7.58. The first-order valence-electron chi connectivity index (χ1n) is 5.87. The third-order valence-corrected chi connectivity index (χ3v) is 3.22. The van der Waals surface area contributed by atoms with Crippen LogP contribution in [0.5, 0.6) is 5.75 Å². The van der Waals surface area contributed by atoms with E-state index in [9.17, 15) is 0 Å². The number of hydrogen-bond donors (Lipinski definition) is 2. The Labute approximate surface area is 97.0 Å². The molecule has 0 aromatic heterocycles. The number of ether oxygens (including phenoxy) is 1. The molecule has 1 aliphatic carbocycles. The first-order valence-corrected chi connectivity index (χ1v) is 5.87. The molecule has 88 valence electrons. The molecule has 0 amide bonds. The molecule has 3 nitrogen and oxygen atoms in total. The zero-order chi connectivity index (χ0) is 11.5. The SMILES string of the molecule is COc1cc(N)cc(NCC(C)C2CC2)c1. The van der Waals surface area contributed by atoms with E-state index in [0.29, 0.717) is 0 Å². The lowest BCUT2D eigenvalue weighted by atomic mass is 10.1. The highest BCUT2D eigenvalue weighted by molar-refractivity contribution is 5.59. The number of benzene rings is 1. The zero-order valence-corrected chi connectivity index (χ0v) is 9.99. The molecule has 1 unspecified atom stereocenters. The molecular formula is C13H20N2O. The summed E-state index contributed by atoms with van der Waals surface area (Å²) >= 11 is 0. The minimum Gasteiger partial charge on any atom is -0.497 e. The van der Waals surface area contributed by atoms with E-state index in [4.69, 9.17) is 10.5 Å². The van der Waals surface area contributed by atoms with E-state index in [0.717, 1.165) is 35.5 Å². The van der Waals surface area contributed by atoms with E-state index >= 15 is 0 Å². The highest BCUT2D eigenvalue weighted by Crippen LogP contribution is 2.36. The highest BCUT2D eigenvalue weighted by atomic mass is 16.5. The van der Waals surface area contributed by atoms with Gasteiger partial charge >= 0.3 is 0 Å². The van der Waals surface area contributed by atoms with Crippen molar-refractivity contribution in [1.82, 2.24) is 0 Å². The quantitative estimate of drug-likeness (QED) is 0.750. The van der Waals surface area contributed by atoms with Gasteiger partial charge in [0.15, 0.2) is 0 Å². The predicted octanol–water partition coefficient (Wildman–Crippen LogP) is 2.74. The largest absolute Gasteiger partial charge is 0.497 e. The fourth-order valence-corrected chi connectivity index (χ4v) is 1.95. The van der Waals surface area contributed by atoms with Gasteiger partial charge in [-0.3, -0.25) is 0 Å². The molecule has 0 saturated heterocycles. The average molecular weight is 220 g/mol. The summed E-state index contributed by atoms with van der Waals surface area (Å²) in [6.07, 6.45) is 2.78. The smallest absolute Gasteiger partial charge is 0.122 e. The van der Waals surface area contributed by atoms with Crippen molar-refractivity contribution in [1.29, 1.82) is 0 Å². The Bertz CT molecular complexity index is 361. The molecule has 0 aliphatic heterocycles. The summed E-state index contributed by atoms with van der Waals surface area (Å²) in [5, 5.41) is 3.42. The predicted molar refractivity (Wildman–Crippen MR) is 67.8 cm³/mol. The van der Waals surface area contributed by atoms with Crippen LogP contribution >= 0.6 is 0 Å². The second-order valence-corrected chi connectivity index (χ2v) is 4.69. The standard InChI is InChI=1S/C13H20N2O/c1-9(10-3-4-10)8-15-12-5-11(14)6-13(7-12)16-2/h5-7,9-10,15H,3-4,8,14H2,1-2H3. The fourth-order valence-electron chi connectivity index (χ4n) is 1.95. The Morgan fingerprint density at radius 2 is 2.19 bits per heavy atom. The van der Waals surface area contributed by atoms with Gasteiger partial charge in [0.1, 0.15) is 5.75 Å². The van der Waals surface area contributed by atoms with Crippen molar-refractivity contribution in [3.63, 3.8) is 0 Å². The maximum Gasteiger partial charge on any atom is 0.122 e. The molecular weight excluding hydrogens is 200 g/mol. The van der Waals surface area contributed by atoms with Crippen LogP contribution in [0.25, 0.3) is 0 Å². The minimum atomic E-state index is 0.737. The number of rotatable bonds is 5. The molecule has 1 fully saturated rings. The number of nitrogens with two attached hydrogens (primary N) is 1. The molecule has 3 N–H and O–H groups in total. The lowest BCUT2D eigenvalue weighted by Gasteiger charge is -2.13.